The van der Waals surface area contributed by atoms with E-state index in [4.69, 9.17) is 16.3 Å². The second-order valence-corrected chi connectivity index (χ2v) is 5.37. The van der Waals surface area contributed by atoms with Crippen LogP contribution < -0.4 is 0 Å². The van der Waals surface area contributed by atoms with Crippen molar-refractivity contribution in [2.75, 3.05) is 7.11 Å². The molecule has 0 radical (unpaired) electrons. The van der Waals surface area contributed by atoms with Crippen molar-refractivity contribution in [3.8, 4) is 0 Å². The molecule has 1 aromatic carbocycles. The summed E-state index contributed by atoms with van der Waals surface area (Å²) in [6, 6.07) is 6.36. The Bertz CT molecular complexity index is 595. The fraction of sp³-hybridized carbons (Fsp3) is 0.231. The van der Waals surface area contributed by atoms with Crippen LogP contribution in [0.3, 0.4) is 0 Å². The molecule has 100 valence electrons. The average Bonchev–Trinajstić information content (AvgIpc) is 2.35. The molecule has 1 aromatic heterocycles. The molecule has 0 aliphatic heterocycles. The van der Waals surface area contributed by atoms with Gasteiger partial charge in [0.1, 0.15) is 16.8 Å². The summed E-state index contributed by atoms with van der Waals surface area (Å²) in [5, 5.41) is 0.397. The maximum atomic E-state index is 13.1. The third kappa shape index (κ3) is 3.84. The molecular weight excluding hydrogens is 382 g/mol. The van der Waals surface area contributed by atoms with Crippen LogP contribution >= 0.6 is 34.2 Å². The van der Waals surface area contributed by atoms with E-state index in [1.54, 1.807) is 13.2 Å². The van der Waals surface area contributed by atoms with Gasteiger partial charge >= 0.3 is 0 Å². The number of ether oxygens (including phenoxy) is 1. The van der Waals surface area contributed by atoms with E-state index in [-0.39, 0.29) is 5.82 Å². The molecular formula is C13H11ClFIN2O. The van der Waals surface area contributed by atoms with E-state index in [2.05, 4.69) is 32.6 Å². The zero-order valence-corrected chi connectivity index (χ0v) is 13.1. The number of nitrogens with zero attached hydrogens (tertiary/aromatic N) is 2. The van der Waals surface area contributed by atoms with Crippen LogP contribution in [0.5, 0.6) is 0 Å². The van der Waals surface area contributed by atoms with Crippen LogP contribution in [-0.2, 0) is 17.8 Å². The van der Waals surface area contributed by atoms with Gasteiger partial charge in [-0.3, -0.25) is 0 Å². The Labute approximate surface area is 129 Å². The quantitative estimate of drug-likeness (QED) is 0.589. The van der Waals surface area contributed by atoms with Gasteiger partial charge in [-0.1, -0.05) is 23.7 Å². The zero-order chi connectivity index (χ0) is 13.8. The minimum absolute atomic E-state index is 0.272. The first-order valence-electron chi connectivity index (χ1n) is 5.54. The molecule has 0 saturated heterocycles. The van der Waals surface area contributed by atoms with Gasteiger partial charge in [-0.2, -0.15) is 0 Å². The van der Waals surface area contributed by atoms with Crippen LogP contribution in [0.4, 0.5) is 4.39 Å². The zero-order valence-electron chi connectivity index (χ0n) is 10.2. The second kappa shape index (κ2) is 6.58. The molecule has 3 nitrogen and oxygen atoms in total. The summed E-state index contributed by atoms with van der Waals surface area (Å²) in [4.78, 5) is 8.61. The highest BCUT2D eigenvalue weighted by Gasteiger charge is 2.11. The lowest BCUT2D eigenvalue weighted by Crippen LogP contribution is -2.05. The van der Waals surface area contributed by atoms with Crippen LogP contribution in [0.1, 0.15) is 17.1 Å². The van der Waals surface area contributed by atoms with Gasteiger partial charge in [0.15, 0.2) is 0 Å². The highest BCUT2D eigenvalue weighted by atomic mass is 127. The molecule has 2 aromatic rings. The van der Waals surface area contributed by atoms with Gasteiger partial charge < -0.3 is 4.74 Å². The lowest BCUT2D eigenvalue weighted by molar-refractivity contribution is 0.180. The molecule has 0 fully saturated rings. The Hall–Kier alpha value is -0.790. The third-order valence-electron chi connectivity index (χ3n) is 2.46. The monoisotopic (exact) mass is 392 g/mol. The number of aromatic nitrogens is 2. The van der Waals surface area contributed by atoms with E-state index in [9.17, 15) is 4.39 Å². The van der Waals surface area contributed by atoms with Crippen molar-refractivity contribution in [2.45, 2.75) is 13.0 Å². The predicted molar refractivity (Wildman–Crippen MR) is 79.7 cm³/mol. The van der Waals surface area contributed by atoms with Crippen LogP contribution in [0.2, 0.25) is 5.15 Å². The molecule has 0 unspecified atom stereocenters. The van der Waals surface area contributed by atoms with Gasteiger partial charge in [-0.15, -0.1) is 0 Å². The highest BCUT2D eigenvalue weighted by molar-refractivity contribution is 14.1. The minimum Gasteiger partial charge on any atom is -0.378 e. The van der Waals surface area contributed by atoms with E-state index in [1.807, 2.05) is 6.07 Å². The summed E-state index contributed by atoms with van der Waals surface area (Å²) >= 11 is 8.15. The number of rotatable bonds is 4. The minimum atomic E-state index is -0.272. The standard InChI is InChI=1S/C13H11ClFIN2O/c1-19-7-10-12(16)13(14)18-11(17-10)6-8-3-2-4-9(15)5-8/h2-5H,6-7H2,1H3. The van der Waals surface area contributed by atoms with Gasteiger partial charge in [-0.25, -0.2) is 14.4 Å². The largest absolute Gasteiger partial charge is 0.378 e. The summed E-state index contributed by atoms with van der Waals surface area (Å²) in [7, 11) is 1.60. The first kappa shape index (κ1) is 14.6. The first-order chi connectivity index (χ1) is 9.10. The van der Waals surface area contributed by atoms with E-state index in [0.717, 1.165) is 14.8 Å². The van der Waals surface area contributed by atoms with Gasteiger partial charge in [0, 0.05) is 13.5 Å². The summed E-state index contributed by atoms with van der Waals surface area (Å²) in [6.07, 6.45) is 0.436. The van der Waals surface area contributed by atoms with Gasteiger partial charge in [0.05, 0.1) is 15.9 Å². The Kier molecular flexibility index (Phi) is 5.06. The maximum absolute atomic E-state index is 13.1. The summed E-state index contributed by atoms with van der Waals surface area (Å²) in [5.74, 6) is 0.286. The number of hydrogen-bond acceptors (Lipinski definition) is 3. The smallest absolute Gasteiger partial charge is 0.146 e. The predicted octanol–water partition coefficient (Wildman–Crippen LogP) is 3.61. The Morgan fingerprint density at radius 2 is 2.16 bits per heavy atom. The van der Waals surface area contributed by atoms with Crippen LogP contribution in [0.15, 0.2) is 24.3 Å². The lowest BCUT2D eigenvalue weighted by Gasteiger charge is -2.07. The number of benzene rings is 1. The first-order valence-corrected chi connectivity index (χ1v) is 7.00. The van der Waals surface area contributed by atoms with Crippen molar-refractivity contribution in [2.24, 2.45) is 0 Å². The summed E-state index contributed by atoms with van der Waals surface area (Å²) < 4.78 is 19.0. The molecule has 0 aliphatic rings. The molecule has 0 bridgehead atoms. The van der Waals surface area contributed by atoms with Crippen molar-refractivity contribution in [1.29, 1.82) is 0 Å². The van der Waals surface area contributed by atoms with Gasteiger partial charge in [0.2, 0.25) is 0 Å². The average molecular weight is 393 g/mol. The highest BCUT2D eigenvalue weighted by Crippen LogP contribution is 2.21. The number of methoxy groups -OCH3 is 1. The van der Waals surface area contributed by atoms with Crippen LogP contribution in [0, 0.1) is 9.39 Å². The Morgan fingerprint density at radius 1 is 1.37 bits per heavy atom. The van der Waals surface area contributed by atoms with Gasteiger partial charge in [0.25, 0.3) is 0 Å². The van der Waals surface area contributed by atoms with Crippen molar-refractivity contribution < 1.29 is 9.13 Å². The van der Waals surface area contributed by atoms with E-state index >= 15 is 0 Å². The van der Waals surface area contributed by atoms with E-state index < -0.39 is 0 Å². The van der Waals surface area contributed by atoms with E-state index in [1.165, 1.54) is 12.1 Å². The van der Waals surface area contributed by atoms with Crippen molar-refractivity contribution >= 4 is 34.2 Å². The van der Waals surface area contributed by atoms with Crippen molar-refractivity contribution in [3.05, 3.63) is 55.9 Å². The topological polar surface area (TPSA) is 35.0 Å². The Morgan fingerprint density at radius 3 is 2.84 bits per heavy atom. The molecule has 6 heteroatoms. The molecule has 0 spiro atoms. The van der Waals surface area contributed by atoms with Gasteiger partial charge in [-0.05, 0) is 40.3 Å². The number of halogens is 3. The summed E-state index contributed by atoms with van der Waals surface area (Å²) in [6.45, 7) is 0.372. The number of hydrogen-bond donors (Lipinski definition) is 0. The molecule has 0 aliphatic carbocycles. The molecule has 0 amide bonds. The molecule has 1 heterocycles. The third-order valence-corrected chi connectivity index (χ3v) is 4.18. The SMILES string of the molecule is COCc1nc(Cc2cccc(F)c2)nc(Cl)c1I. The molecule has 0 atom stereocenters. The lowest BCUT2D eigenvalue weighted by atomic mass is 10.1. The molecule has 0 saturated carbocycles. The molecule has 0 N–H and O–H groups in total. The maximum Gasteiger partial charge on any atom is 0.146 e. The Balaban J connectivity index is 2.30. The fourth-order valence-electron chi connectivity index (χ4n) is 1.65. The normalized spacial score (nSPS) is 10.7. The van der Waals surface area contributed by atoms with Crippen molar-refractivity contribution in [1.82, 2.24) is 9.97 Å². The van der Waals surface area contributed by atoms with Crippen LogP contribution in [0.25, 0.3) is 0 Å². The van der Waals surface area contributed by atoms with Crippen LogP contribution in [-0.4, -0.2) is 17.1 Å². The molecule has 19 heavy (non-hydrogen) atoms. The fourth-order valence-corrected chi connectivity index (χ4v) is 2.26. The summed E-state index contributed by atoms with van der Waals surface area (Å²) in [5.41, 5.74) is 1.55. The second-order valence-electron chi connectivity index (χ2n) is 3.93. The molecule has 2 rings (SSSR count). The van der Waals surface area contributed by atoms with E-state index in [0.29, 0.717) is 24.0 Å². The van der Waals surface area contributed by atoms with Crippen molar-refractivity contribution in [3.63, 3.8) is 0 Å².